The van der Waals surface area contributed by atoms with Crippen molar-refractivity contribution < 1.29 is 20.1 Å². The number of Topliss-reactive ketones (excluding diaryl/α,β-unsaturated/α-hetero) is 1. The van der Waals surface area contributed by atoms with Crippen molar-refractivity contribution in [3.05, 3.63) is 22.8 Å². The first-order valence-corrected chi connectivity index (χ1v) is 8.87. The molecule has 0 spiro atoms. The van der Waals surface area contributed by atoms with Crippen LogP contribution >= 0.6 is 0 Å². The summed E-state index contributed by atoms with van der Waals surface area (Å²) in [7, 11) is 0. The number of fused-ring (bicyclic) bond motifs is 3. The number of phenols is 2. The van der Waals surface area contributed by atoms with Crippen molar-refractivity contribution in [3.8, 4) is 11.5 Å². The van der Waals surface area contributed by atoms with Gasteiger partial charge in [-0.1, -0.05) is 27.2 Å². The largest absolute Gasteiger partial charge is 0.504 e. The van der Waals surface area contributed by atoms with E-state index in [9.17, 15) is 20.1 Å². The average molecular weight is 332 g/mol. The Hall–Kier alpha value is -1.55. The molecule has 3 N–H and O–H groups in total. The van der Waals surface area contributed by atoms with E-state index in [0.717, 1.165) is 19.3 Å². The van der Waals surface area contributed by atoms with Crippen molar-refractivity contribution >= 4 is 5.78 Å². The summed E-state index contributed by atoms with van der Waals surface area (Å²) in [6.07, 6.45) is 3.07. The smallest absolute Gasteiger partial charge is 0.163 e. The summed E-state index contributed by atoms with van der Waals surface area (Å²) in [6, 6.07) is 1.68. The fraction of sp³-hybridized carbons (Fsp3) is 0.650. The highest BCUT2D eigenvalue weighted by atomic mass is 16.3. The van der Waals surface area contributed by atoms with Gasteiger partial charge < -0.3 is 15.3 Å². The molecule has 0 heterocycles. The first kappa shape index (κ1) is 17.3. The number of benzene rings is 1. The molecule has 1 fully saturated rings. The van der Waals surface area contributed by atoms with Gasteiger partial charge >= 0.3 is 0 Å². The summed E-state index contributed by atoms with van der Waals surface area (Å²) >= 11 is 0. The van der Waals surface area contributed by atoms with Crippen LogP contribution in [0, 0.1) is 11.3 Å². The van der Waals surface area contributed by atoms with Gasteiger partial charge in [-0.2, -0.15) is 0 Å². The van der Waals surface area contributed by atoms with Gasteiger partial charge in [0.15, 0.2) is 17.3 Å². The molecular formula is C20H28O4. The maximum Gasteiger partial charge on any atom is 0.163 e. The normalized spacial score (nSPS) is 29.7. The molecule has 1 saturated carbocycles. The molecule has 132 valence electrons. The van der Waals surface area contributed by atoms with Crippen LogP contribution < -0.4 is 0 Å². The topological polar surface area (TPSA) is 77.8 Å². The van der Waals surface area contributed by atoms with E-state index in [4.69, 9.17) is 0 Å². The number of hydrogen-bond donors (Lipinski definition) is 3. The molecule has 0 radical (unpaired) electrons. The SMILES string of the molecule is CC(O)Cc1cc2c(c(O)c1O)[C@]1(C)CCCC(C)(C)C1CC2=O. The lowest BCUT2D eigenvalue weighted by atomic mass is 9.50. The Labute approximate surface area is 143 Å². The van der Waals surface area contributed by atoms with Gasteiger partial charge in [0.05, 0.1) is 6.10 Å². The van der Waals surface area contributed by atoms with Crippen LogP contribution in [0.25, 0.3) is 0 Å². The lowest BCUT2D eigenvalue weighted by Crippen LogP contribution is -2.49. The van der Waals surface area contributed by atoms with Gasteiger partial charge in [0.25, 0.3) is 0 Å². The number of aromatic hydroxyl groups is 2. The number of aliphatic hydroxyl groups is 1. The van der Waals surface area contributed by atoms with E-state index in [1.807, 2.05) is 0 Å². The molecule has 4 nitrogen and oxygen atoms in total. The number of phenolic OH excluding ortho intramolecular Hbond substituents is 2. The molecule has 24 heavy (non-hydrogen) atoms. The summed E-state index contributed by atoms with van der Waals surface area (Å²) in [4.78, 5) is 12.8. The van der Waals surface area contributed by atoms with E-state index < -0.39 is 6.10 Å². The van der Waals surface area contributed by atoms with Gasteiger partial charge in [0.1, 0.15) is 0 Å². The monoisotopic (exact) mass is 332 g/mol. The average Bonchev–Trinajstić information content (AvgIpc) is 2.45. The fourth-order valence-electron chi connectivity index (χ4n) is 5.20. The molecule has 0 saturated heterocycles. The zero-order valence-electron chi connectivity index (χ0n) is 15.0. The lowest BCUT2D eigenvalue weighted by Gasteiger charge is -2.53. The van der Waals surface area contributed by atoms with E-state index in [0.29, 0.717) is 23.1 Å². The van der Waals surface area contributed by atoms with Gasteiger partial charge in [0.2, 0.25) is 0 Å². The Morgan fingerprint density at radius 3 is 2.50 bits per heavy atom. The van der Waals surface area contributed by atoms with Gasteiger partial charge in [0, 0.05) is 34.9 Å². The highest BCUT2D eigenvalue weighted by Gasteiger charge is 2.53. The molecule has 4 heteroatoms. The Morgan fingerprint density at radius 1 is 1.21 bits per heavy atom. The standard InChI is InChI=1S/C20H28O4/c1-11(21)8-12-9-13-14(22)10-15-19(2,3)6-5-7-20(15,4)16(13)18(24)17(12)23/h9,11,15,21,23-24H,5-8,10H2,1-4H3/t11?,15?,20-/m1/s1. The number of aliphatic hydroxyl groups excluding tert-OH is 1. The predicted molar refractivity (Wildman–Crippen MR) is 92.6 cm³/mol. The zero-order valence-corrected chi connectivity index (χ0v) is 15.0. The number of hydrogen-bond acceptors (Lipinski definition) is 4. The highest BCUT2D eigenvalue weighted by molar-refractivity contribution is 6.01. The molecule has 1 aromatic carbocycles. The second-order valence-corrected chi connectivity index (χ2v) is 8.65. The zero-order chi connectivity index (χ0) is 17.9. The molecule has 1 aromatic rings. The van der Waals surface area contributed by atoms with E-state index in [-0.39, 0.29) is 40.5 Å². The molecule has 3 atom stereocenters. The first-order valence-electron chi connectivity index (χ1n) is 8.87. The maximum absolute atomic E-state index is 12.8. The van der Waals surface area contributed by atoms with Crippen molar-refractivity contribution in [1.29, 1.82) is 0 Å². The highest BCUT2D eigenvalue weighted by Crippen LogP contribution is 2.60. The minimum Gasteiger partial charge on any atom is -0.504 e. The maximum atomic E-state index is 12.8. The van der Waals surface area contributed by atoms with Crippen molar-refractivity contribution in [2.45, 2.75) is 71.3 Å². The van der Waals surface area contributed by atoms with E-state index in [1.165, 1.54) is 0 Å². The van der Waals surface area contributed by atoms with Crippen LogP contribution in [0.3, 0.4) is 0 Å². The Morgan fingerprint density at radius 2 is 1.88 bits per heavy atom. The summed E-state index contributed by atoms with van der Waals surface area (Å²) < 4.78 is 0. The fourth-order valence-corrected chi connectivity index (χ4v) is 5.20. The Balaban J connectivity index is 2.22. The molecular weight excluding hydrogens is 304 g/mol. The van der Waals surface area contributed by atoms with Crippen LogP contribution in [0.15, 0.2) is 6.07 Å². The van der Waals surface area contributed by atoms with E-state index in [1.54, 1.807) is 13.0 Å². The van der Waals surface area contributed by atoms with Gasteiger partial charge in [-0.15, -0.1) is 0 Å². The van der Waals surface area contributed by atoms with Crippen LogP contribution in [-0.4, -0.2) is 27.2 Å². The van der Waals surface area contributed by atoms with E-state index >= 15 is 0 Å². The van der Waals surface area contributed by atoms with E-state index in [2.05, 4.69) is 20.8 Å². The minimum atomic E-state index is -0.649. The quantitative estimate of drug-likeness (QED) is 0.722. The first-order chi connectivity index (χ1) is 11.1. The third-order valence-electron chi connectivity index (χ3n) is 6.36. The second-order valence-electron chi connectivity index (χ2n) is 8.65. The Bertz CT molecular complexity index is 689. The van der Waals surface area contributed by atoms with Crippen molar-refractivity contribution in [2.24, 2.45) is 11.3 Å². The third-order valence-corrected chi connectivity index (χ3v) is 6.36. The second kappa shape index (κ2) is 5.48. The van der Waals surface area contributed by atoms with Crippen LogP contribution in [0.4, 0.5) is 0 Å². The summed E-state index contributed by atoms with van der Waals surface area (Å²) in [5.41, 5.74) is 1.30. The molecule has 0 aromatic heterocycles. The van der Waals surface area contributed by atoms with Crippen LogP contribution in [0.2, 0.25) is 0 Å². The van der Waals surface area contributed by atoms with Crippen LogP contribution in [0.1, 0.15) is 74.9 Å². The Kier molecular flexibility index (Phi) is 3.95. The molecule has 2 unspecified atom stereocenters. The van der Waals surface area contributed by atoms with Gasteiger partial charge in [-0.3, -0.25) is 4.79 Å². The van der Waals surface area contributed by atoms with Crippen LogP contribution in [-0.2, 0) is 11.8 Å². The summed E-state index contributed by atoms with van der Waals surface area (Å²) in [6.45, 7) is 8.15. The number of carbonyl (C=O) groups excluding carboxylic acids is 1. The molecule has 0 bridgehead atoms. The molecule has 0 amide bonds. The number of carbonyl (C=O) groups is 1. The molecule has 3 rings (SSSR count). The summed E-state index contributed by atoms with van der Waals surface area (Å²) in [5.74, 6) is -0.162. The molecule has 2 aliphatic rings. The molecule has 0 aliphatic heterocycles. The number of ketones is 1. The minimum absolute atomic E-state index is 0.0285. The van der Waals surface area contributed by atoms with Gasteiger partial charge in [-0.05, 0) is 37.2 Å². The number of rotatable bonds is 2. The van der Waals surface area contributed by atoms with Crippen molar-refractivity contribution in [1.82, 2.24) is 0 Å². The van der Waals surface area contributed by atoms with Crippen LogP contribution in [0.5, 0.6) is 11.5 Å². The van der Waals surface area contributed by atoms with Gasteiger partial charge in [-0.25, -0.2) is 0 Å². The van der Waals surface area contributed by atoms with Crippen molar-refractivity contribution in [2.75, 3.05) is 0 Å². The third kappa shape index (κ3) is 2.43. The molecule has 2 aliphatic carbocycles. The summed E-state index contributed by atoms with van der Waals surface area (Å²) in [5, 5.41) is 30.8. The van der Waals surface area contributed by atoms with Crippen molar-refractivity contribution in [3.63, 3.8) is 0 Å². The lowest BCUT2D eigenvalue weighted by molar-refractivity contribution is 0.0354. The predicted octanol–water partition coefficient (Wildman–Crippen LogP) is 3.69.